The Morgan fingerprint density at radius 1 is 0.640 bits per heavy atom. The number of aromatic nitrogens is 1. The summed E-state index contributed by atoms with van der Waals surface area (Å²) >= 11 is 0. The maximum absolute atomic E-state index is 5.47. The third-order valence-corrected chi connectivity index (χ3v) is 4.91. The minimum Gasteiger partial charge on any atom is -0.497 e. The van der Waals surface area contributed by atoms with E-state index in [1.165, 1.54) is 38.1 Å². The molecule has 0 saturated carbocycles. The van der Waals surface area contributed by atoms with Crippen LogP contribution >= 0.6 is 0 Å². The van der Waals surface area contributed by atoms with Gasteiger partial charge in [-0.3, -0.25) is 0 Å². The van der Waals surface area contributed by atoms with Gasteiger partial charge in [0.1, 0.15) is 5.75 Å². The summed E-state index contributed by atoms with van der Waals surface area (Å²) in [6.45, 7) is 0. The van der Waals surface area contributed by atoms with E-state index in [2.05, 4.69) is 77.5 Å². The van der Waals surface area contributed by atoms with Crippen LogP contribution in [0.1, 0.15) is 0 Å². The van der Waals surface area contributed by atoms with Crippen LogP contribution in [0.3, 0.4) is 0 Å². The van der Waals surface area contributed by atoms with Crippen LogP contribution in [0.15, 0.2) is 85.1 Å². The summed E-state index contributed by atoms with van der Waals surface area (Å²) in [6.07, 6.45) is 2.16. The fourth-order valence-electron chi connectivity index (χ4n) is 3.76. The van der Waals surface area contributed by atoms with Crippen molar-refractivity contribution in [3.05, 3.63) is 85.1 Å². The highest BCUT2D eigenvalue weighted by Crippen LogP contribution is 2.38. The van der Waals surface area contributed by atoms with Crippen molar-refractivity contribution >= 4 is 32.4 Å². The number of fused-ring (bicyclic) bond motifs is 6. The Balaban J connectivity index is 2.02. The molecule has 0 unspecified atom stereocenters. The van der Waals surface area contributed by atoms with E-state index < -0.39 is 0 Å². The average molecular weight is 323 g/mol. The molecule has 0 saturated heterocycles. The van der Waals surface area contributed by atoms with Crippen molar-refractivity contribution in [1.29, 1.82) is 0 Å². The maximum Gasteiger partial charge on any atom is 0.119 e. The number of methoxy groups -OCH3 is 1. The Morgan fingerprint density at radius 3 is 2.08 bits per heavy atom. The Hall–Kier alpha value is -3.26. The van der Waals surface area contributed by atoms with Crippen LogP contribution in [0.2, 0.25) is 0 Å². The third kappa shape index (κ3) is 2.04. The smallest absolute Gasteiger partial charge is 0.119 e. The molecule has 0 radical (unpaired) electrons. The second-order valence-electron chi connectivity index (χ2n) is 6.24. The van der Waals surface area contributed by atoms with Gasteiger partial charge in [0.2, 0.25) is 0 Å². The fourth-order valence-corrected chi connectivity index (χ4v) is 3.76. The van der Waals surface area contributed by atoms with Crippen LogP contribution in [0.25, 0.3) is 38.1 Å². The molecule has 2 heteroatoms. The molecule has 0 spiro atoms. The van der Waals surface area contributed by atoms with Gasteiger partial charge in [0.15, 0.2) is 0 Å². The highest BCUT2D eigenvalue weighted by atomic mass is 16.5. The summed E-state index contributed by atoms with van der Waals surface area (Å²) in [5.41, 5.74) is 2.41. The van der Waals surface area contributed by atoms with Gasteiger partial charge in [-0.15, -0.1) is 0 Å². The van der Waals surface area contributed by atoms with Gasteiger partial charge in [-0.2, -0.15) is 0 Å². The van der Waals surface area contributed by atoms with Gasteiger partial charge in [0.05, 0.1) is 12.6 Å². The molecule has 0 aliphatic heterocycles. The molecule has 4 aromatic carbocycles. The van der Waals surface area contributed by atoms with Crippen LogP contribution in [0.5, 0.6) is 5.75 Å². The number of nitrogens with zero attached hydrogens (tertiary/aromatic N) is 1. The van der Waals surface area contributed by atoms with Crippen molar-refractivity contribution in [3.63, 3.8) is 0 Å². The number of para-hydroxylation sites is 1. The monoisotopic (exact) mass is 323 g/mol. The zero-order valence-electron chi connectivity index (χ0n) is 13.9. The predicted octanol–water partition coefficient (Wildman–Crippen LogP) is 5.95. The summed E-state index contributed by atoms with van der Waals surface area (Å²) in [7, 11) is 1.72. The molecule has 0 amide bonds. The van der Waals surface area contributed by atoms with Crippen LogP contribution < -0.4 is 4.74 Å². The van der Waals surface area contributed by atoms with E-state index in [1.807, 2.05) is 12.1 Å². The largest absolute Gasteiger partial charge is 0.497 e. The van der Waals surface area contributed by atoms with Gasteiger partial charge in [0, 0.05) is 22.7 Å². The summed E-state index contributed by atoms with van der Waals surface area (Å²) < 4.78 is 7.75. The van der Waals surface area contributed by atoms with Gasteiger partial charge < -0.3 is 9.30 Å². The molecule has 5 aromatic rings. The summed E-state index contributed by atoms with van der Waals surface area (Å²) in [6, 6.07) is 27.6. The zero-order chi connectivity index (χ0) is 16.8. The first-order valence-electron chi connectivity index (χ1n) is 8.42. The van der Waals surface area contributed by atoms with Crippen molar-refractivity contribution in [2.75, 3.05) is 7.11 Å². The van der Waals surface area contributed by atoms with Crippen molar-refractivity contribution in [2.24, 2.45) is 0 Å². The van der Waals surface area contributed by atoms with Gasteiger partial charge in [-0.25, -0.2) is 0 Å². The quantitative estimate of drug-likeness (QED) is 0.366. The molecule has 0 atom stereocenters. The van der Waals surface area contributed by atoms with Gasteiger partial charge in [-0.1, -0.05) is 42.5 Å². The topological polar surface area (TPSA) is 14.2 Å². The van der Waals surface area contributed by atoms with Crippen LogP contribution in [0.4, 0.5) is 0 Å². The normalized spacial score (nSPS) is 11.4. The first kappa shape index (κ1) is 14.1. The molecule has 25 heavy (non-hydrogen) atoms. The number of hydrogen-bond acceptors (Lipinski definition) is 1. The molecule has 0 N–H and O–H groups in total. The highest BCUT2D eigenvalue weighted by Gasteiger charge is 2.13. The fraction of sp³-hybridized carbons (Fsp3) is 0.0435. The standard InChI is InChI=1S/C23H17NO/c1-25-17-11-12-20-22(15-17)19-10-6-5-9-18(19)21-13-14-24(23(20)21)16-7-3-2-4-8-16/h2-15H,1H3. The van der Waals surface area contributed by atoms with E-state index in [-0.39, 0.29) is 0 Å². The highest BCUT2D eigenvalue weighted by molar-refractivity contribution is 6.25. The van der Waals surface area contributed by atoms with E-state index in [0.29, 0.717) is 0 Å². The SMILES string of the molecule is COc1ccc2c(c1)c1ccccc1c1ccn(-c3ccccc3)c12. The van der Waals surface area contributed by atoms with Crippen molar-refractivity contribution in [1.82, 2.24) is 4.57 Å². The van der Waals surface area contributed by atoms with Crippen molar-refractivity contribution in [2.45, 2.75) is 0 Å². The third-order valence-electron chi connectivity index (χ3n) is 4.91. The molecular formula is C23H17NO. The van der Waals surface area contributed by atoms with Gasteiger partial charge >= 0.3 is 0 Å². The van der Waals surface area contributed by atoms with E-state index in [1.54, 1.807) is 7.11 Å². The molecule has 1 aromatic heterocycles. The molecule has 1 heterocycles. The molecule has 2 nitrogen and oxygen atoms in total. The van der Waals surface area contributed by atoms with Crippen LogP contribution in [-0.2, 0) is 0 Å². The van der Waals surface area contributed by atoms with E-state index in [9.17, 15) is 0 Å². The lowest BCUT2D eigenvalue weighted by Gasteiger charge is -2.12. The van der Waals surface area contributed by atoms with E-state index in [0.717, 1.165) is 5.75 Å². The molecule has 0 aliphatic rings. The number of ether oxygens (including phenoxy) is 1. The molecule has 0 fully saturated rings. The second-order valence-corrected chi connectivity index (χ2v) is 6.24. The summed E-state index contributed by atoms with van der Waals surface area (Å²) in [4.78, 5) is 0. The molecule has 0 aliphatic carbocycles. The Labute approximate surface area is 145 Å². The van der Waals surface area contributed by atoms with Crippen LogP contribution in [-0.4, -0.2) is 11.7 Å². The molecule has 0 bridgehead atoms. The lowest BCUT2D eigenvalue weighted by Crippen LogP contribution is -1.93. The van der Waals surface area contributed by atoms with Gasteiger partial charge in [-0.05, 0) is 52.6 Å². The number of benzene rings is 4. The second kappa shape index (κ2) is 5.38. The average Bonchev–Trinajstić information content (AvgIpc) is 3.14. The van der Waals surface area contributed by atoms with Crippen molar-refractivity contribution in [3.8, 4) is 11.4 Å². The zero-order valence-corrected chi connectivity index (χ0v) is 13.9. The Bertz CT molecular complexity index is 1220. The molecular weight excluding hydrogens is 306 g/mol. The number of hydrogen-bond donors (Lipinski definition) is 0. The first-order valence-corrected chi connectivity index (χ1v) is 8.42. The first-order chi connectivity index (χ1) is 12.4. The van der Waals surface area contributed by atoms with E-state index >= 15 is 0 Å². The minimum absolute atomic E-state index is 0.884. The van der Waals surface area contributed by atoms with Gasteiger partial charge in [0.25, 0.3) is 0 Å². The summed E-state index contributed by atoms with van der Waals surface area (Å²) in [5, 5.41) is 6.27. The molecule has 120 valence electrons. The number of rotatable bonds is 2. The Kier molecular flexibility index (Phi) is 3.04. The molecule has 5 rings (SSSR count). The Morgan fingerprint density at radius 2 is 1.32 bits per heavy atom. The lowest BCUT2D eigenvalue weighted by atomic mass is 9.98. The predicted molar refractivity (Wildman–Crippen MR) is 105 cm³/mol. The van der Waals surface area contributed by atoms with Crippen LogP contribution in [0, 0.1) is 0 Å². The van der Waals surface area contributed by atoms with E-state index in [4.69, 9.17) is 4.74 Å². The summed E-state index contributed by atoms with van der Waals surface area (Å²) in [5.74, 6) is 0.884. The maximum atomic E-state index is 5.47. The lowest BCUT2D eigenvalue weighted by molar-refractivity contribution is 0.415. The van der Waals surface area contributed by atoms with Crippen molar-refractivity contribution < 1.29 is 4.74 Å². The minimum atomic E-state index is 0.884.